The zero-order chi connectivity index (χ0) is 16.4. The molecule has 0 atom stereocenters. The second kappa shape index (κ2) is 6.18. The topological polar surface area (TPSA) is 56.5 Å². The van der Waals surface area contributed by atoms with Crippen LogP contribution in [0.2, 0.25) is 0 Å². The largest absolute Gasteiger partial charge is 0.465 e. The number of hydrogen-bond acceptors (Lipinski definition) is 4. The minimum atomic E-state index is -0.523. The monoisotopic (exact) mass is 300 g/mol. The number of furan rings is 1. The number of esters is 1. The van der Waals surface area contributed by atoms with Crippen LogP contribution in [0.5, 0.6) is 0 Å². The molecule has 0 aliphatic carbocycles. The summed E-state index contributed by atoms with van der Waals surface area (Å²) >= 11 is 0. The summed E-state index contributed by atoms with van der Waals surface area (Å²) in [5.41, 5.74) is 3.71. The fraction of sp³-hybridized carbons (Fsp3) is 0.333. The highest BCUT2D eigenvalue weighted by molar-refractivity contribution is 6.00. The molecule has 0 fully saturated rings. The summed E-state index contributed by atoms with van der Waals surface area (Å²) in [5.74, 6) is 0.468. The number of carbonyl (C=O) groups is 2. The first-order chi connectivity index (χ1) is 10.3. The summed E-state index contributed by atoms with van der Waals surface area (Å²) in [6.07, 6.45) is 0. The minimum absolute atomic E-state index is 0.207. The van der Waals surface area contributed by atoms with Gasteiger partial charge in [0.1, 0.15) is 17.1 Å². The van der Waals surface area contributed by atoms with Gasteiger partial charge in [0.15, 0.2) is 6.61 Å². The van der Waals surface area contributed by atoms with Gasteiger partial charge in [-0.15, -0.1) is 0 Å². The van der Waals surface area contributed by atoms with Gasteiger partial charge < -0.3 is 9.15 Å². The van der Waals surface area contributed by atoms with Crippen molar-refractivity contribution in [2.24, 2.45) is 0 Å². The zero-order valence-corrected chi connectivity index (χ0v) is 13.6. The Morgan fingerprint density at radius 2 is 1.73 bits per heavy atom. The van der Waals surface area contributed by atoms with Crippen LogP contribution in [0.4, 0.5) is 0 Å². The average molecular weight is 300 g/mol. The van der Waals surface area contributed by atoms with E-state index in [9.17, 15) is 9.59 Å². The van der Waals surface area contributed by atoms with Gasteiger partial charge in [-0.25, -0.2) is 4.79 Å². The second-order valence-electron chi connectivity index (χ2n) is 5.53. The molecular formula is C18H20O4. The van der Waals surface area contributed by atoms with Crippen LogP contribution in [0.3, 0.4) is 0 Å². The van der Waals surface area contributed by atoms with Gasteiger partial charge in [0.05, 0.1) is 0 Å². The summed E-state index contributed by atoms with van der Waals surface area (Å²) < 4.78 is 10.6. The first-order valence-electron chi connectivity index (χ1n) is 7.15. The predicted octanol–water partition coefficient (Wildman–Crippen LogP) is 3.86. The number of carbonyl (C=O) groups excluding carboxylic acids is 2. The third-order valence-electron chi connectivity index (χ3n) is 3.78. The molecule has 0 aliphatic heterocycles. The van der Waals surface area contributed by atoms with E-state index in [1.165, 1.54) is 0 Å². The van der Waals surface area contributed by atoms with Crippen LogP contribution in [0.1, 0.15) is 48.9 Å². The minimum Gasteiger partial charge on any atom is -0.465 e. The van der Waals surface area contributed by atoms with Gasteiger partial charge in [-0.1, -0.05) is 23.8 Å². The molecule has 4 heteroatoms. The molecular weight excluding hydrogens is 280 g/mol. The van der Waals surface area contributed by atoms with E-state index < -0.39 is 5.97 Å². The first kappa shape index (κ1) is 16.0. The van der Waals surface area contributed by atoms with Gasteiger partial charge in [0.2, 0.25) is 5.78 Å². The fourth-order valence-corrected chi connectivity index (χ4v) is 2.50. The molecule has 0 saturated carbocycles. The maximum absolute atomic E-state index is 12.2. The van der Waals surface area contributed by atoms with Gasteiger partial charge in [-0.2, -0.15) is 0 Å². The predicted molar refractivity (Wildman–Crippen MR) is 83.4 cm³/mol. The lowest BCUT2D eigenvalue weighted by Crippen LogP contribution is -2.16. The van der Waals surface area contributed by atoms with Crippen molar-refractivity contribution in [1.82, 2.24) is 0 Å². The number of benzene rings is 1. The molecule has 1 aromatic heterocycles. The van der Waals surface area contributed by atoms with Gasteiger partial charge in [-0.3, -0.25) is 4.79 Å². The van der Waals surface area contributed by atoms with Crippen LogP contribution in [-0.4, -0.2) is 18.4 Å². The van der Waals surface area contributed by atoms with Crippen LogP contribution < -0.4 is 0 Å². The van der Waals surface area contributed by atoms with E-state index in [-0.39, 0.29) is 12.4 Å². The summed E-state index contributed by atoms with van der Waals surface area (Å²) in [7, 11) is 0. The Balaban J connectivity index is 2.09. The molecule has 22 heavy (non-hydrogen) atoms. The molecule has 4 nitrogen and oxygen atoms in total. The van der Waals surface area contributed by atoms with Crippen LogP contribution in [-0.2, 0) is 4.74 Å². The van der Waals surface area contributed by atoms with Gasteiger partial charge in [0, 0.05) is 11.1 Å². The Morgan fingerprint density at radius 3 is 2.27 bits per heavy atom. The fourth-order valence-electron chi connectivity index (χ4n) is 2.50. The molecule has 0 saturated heterocycles. The Kier molecular flexibility index (Phi) is 4.50. The smallest absolute Gasteiger partial charge is 0.342 e. The van der Waals surface area contributed by atoms with E-state index in [2.05, 4.69) is 0 Å². The Labute approximate surface area is 130 Å². The van der Waals surface area contributed by atoms with Crippen LogP contribution in [0, 0.1) is 34.6 Å². The molecule has 1 aromatic carbocycles. The molecule has 2 aromatic rings. The van der Waals surface area contributed by atoms with Crippen molar-refractivity contribution in [3.63, 3.8) is 0 Å². The highest BCUT2D eigenvalue weighted by atomic mass is 16.5. The molecule has 0 aliphatic rings. The third-order valence-corrected chi connectivity index (χ3v) is 3.78. The van der Waals surface area contributed by atoms with Crippen LogP contribution in [0.25, 0.3) is 0 Å². The molecule has 0 unspecified atom stereocenters. The van der Waals surface area contributed by atoms with E-state index in [1.54, 1.807) is 26.8 Å². The number of ketones is 1. The number of aryl methyl sites for hydroxylation is 4. The molecule has 0 N–H and O–H groups in total. The highest BCUT2D eigenvalue weighted by Gasteiger charge is 2.21. The standard InChI is InChI=1S/C18H20O4/c1-10-6-7-15(11(2)8-10)16(19)9-21-18(20)17-12(3)13(4)22-14(17)5/h6-8H,9H2,1-5H3. The van der Waals surface area contributed by atoms with Crippen molar-refractivity contribution in [2.75, 3.05) is 6.61 Å². The van der Waals surface area contributed by atoms with Gasteiger partial charge in [-0.05, 0) is 40.2 Å². The van der Waals surface area contributed by atoms with E-state index in [0.717, 1.165) is 16.7 Å². The molecule has 2 rings (SSSR count). The van der Waals surface area contributed by atoms with Crippen molar-refractivity contribution in [1.29, 1.82) is 0 Å². The number of hydrogen-bond donors (Lipinski definition) is 0. The van der Waals surface area contributed by atoms with Crippen LogP contribution >= 0.6 is 0 Å². The zero-order valence-electron chi connectivity index (χ0n) is 13.6. The lowest BCUT2D eigenvalue weighted by atomic mass is 10.0. The molecule has 1 heterocycles. The van der Waals surface area contributed by atoms with Crippen molar-refractivity contribution < 1.29 is 18.7 Å². The second-order valence-corrected chi connectivity index (χ2v) is 5.53. The Hall–Kier alpha value is -2.36. The van der Waals surface area contributed by atoms with E-state index in [0.29, 0.717) is 22.6 Å². The molecule has 0 amide bonds. The van der Waals surface area contributed by atoms with Crippen LogP contribution in [0.15, 0.2) is 22.6 Å². The van der Waals surface area contributed by atoms with E-state index in [4.69, 9.17) is 9.15 Å². The highest BCUT2D eigenvalue weighted by Crippen LogP contribution is 2.21. The quantitative estimate of drug-likeness (QED) is 0.635. The van der Waals surface area contributed by atoms with Crippen molar-refractivity contribution in [3.05, 3.63) is 57.5 Å². The first-order valence-corrected chi connectivity index (χ1v) is 7.15. The van der Waals surface area contributed by atoms with E-state index in [1.807, 2.05) is 26.0 Å². The van der Waals surface area contributed by atoms with Gasteiger partial charge >= 0.3 is 5.97 Å². The molecule has 0 bridgehead atoms. The summed E-state index contributed by atoms with van der Waals surface area (Å²) in [4.78, 5) is 24.3. The Bertz CT molecular complexity index is 738. The SMILES string of the molecule is Cc1ccc(C(=O)COC(=O)c2c(C)oc(C)c2C)c(C)c1. The summed E-state index contributed by atoms with van der Waals surface area (Å²) in [5, 5.41) is 0. The van der Waals surface area contributed by atoms with E-state index >= 15 is 0 Å². The third kappa shape index (κ3) is 3.11. The number of Topliss-reactive ketones (excluding diaryl/α,β-unsaturated/α-hetero) is 1. The molecule has 0 radical (unpaired) electrons. The van der Waals surface area contributed by atoms with Crippen molar-refractivity contribution in [2.45, 2.75) is 34.6 Å². The van der Waals surface area contributed by atoms with Gasteiger partial charge in [0.25, 0.3) is 0 Å². The average Bonchev–Trinajstić information content (AvgIpc) is 2.69. The lowest BCUT2D eigenvalue weighted by molar-refractivity contribution is 0.0472. The number of ether oxygens (including phenoxy) is 1. The summed E-state index contributed by atoms with van der Waals surface area (Å²) in [6, 6.07) is 5.57. The molecule has 0 spiro atoms. The summed E-state index contributed by atoms with van der Waals surface area (Å²) in [6.45, 7) is 8.87. The Morgan fingerprint density at radius 1 is 1.05 bits per heavy atom. The van der Waals surface area contributed by atoms with Crippen molar-refractivity contribution >= 4 is 11.8 Å². The lowest BCUT2D eigenvalue weighted by Gasteiger charge is -2.07. The molecule has 116 valence electrons. The number of rotatable bonds is 4. The maximum atomic E-state index is 12.2. The van der Waals surface area contributed by atoms with Crippen molar-refractivity contribution in [3.8, 4) is 0 Å². The maximum Gasteiger partial charge on any atom is 0.342 e. The normalized spacial score (nSPS) is 10.6.